The number of aliphatic carboxylic acids is 1. The molecule has 1 unspecified atom stereocenters. The largest absolute Gasteiger partial charge is 0.480 e. The zero-order valence-electron chi connectivity index (χ0n) is 11.8. The second-order valence-electron chi connectivity index (χ2n) is 6.00. The lowest BCUT2D eigenvalue weighted by Crippen LogP contribution is -2.61. The molecular weight excluding hydrogens is 276 g/mol. The molecule has 3 rings (SSSR count). The van der Waals surface area contributed by atoms with E-state index >= 15 is 0 Å². The lowest BCUT2D eigenvalue weighted by atomic mass is 9.98. The molecule has 0 aromatic heterocycles. The van der Waals surface area contributed by atoms with E-state index in [2.05, 4.69) is 10.6 Å². The van der Waals surface area contributed by atoms with Crippen molar-refractivity contribution in [2.24, 2.45) is 0 Å². The van der Waals surface area contributed by atoms with Gasteiger partial charge in [-0.2, -0.15) is 0 Å². The van der Waals surface area contributed by atoms with Crippen LogP contribution >= 0.6 is 0 Å². The lowest BCUT2D eigenvalue weighted by Gasteiger charge is -2.38. The van der Waals surface area contributed by atoms with Crippen molar-refractivity contribution in [1.82, 2.24) is 20.4 Å². The summed E-state index contributed by atoms with van der Waals surface area (Å²) < 4.78 is 0. The smallest absolute Gasteiger partial charge is 0.329 e. The van der Waals surface area contributed by atoms with Crippen LogP contribution in [-0.2, 0) is 4.79 Å². The van der Waals surface area contributed by atoms with Gasteiger partial charge in [-0.25, -0.2) is 14.4 Å². The molecule has 21 heavy (non-hydrogen) atoms. The highest BCUT2D eigenvalue weighted by molar-refractivity contribution is 5.87. The molecule has 0 aromatic rings. The number of nitrogens with zero attached hydrogens (tertiary/aromatic N) is 2. The number of amides is 4. The molecule has 8 heteroatoms. The summed E-state index contributed by atoms with van der Waals surface area (Å²) in [7, 11) is 0. The number of rotatable bonds is 2. The number of carboxylic acid groups (broad SMARTS) is 1. The van der Waals surface area contributed by atoms with Gasteiger partial charge in [-0.1, -0.05) is 12.8 Å². The average molecular weight is 296 g/mol. The molecule has 2 aliphatic heterocycles. The zero-order valence-corrected chi connectivity index (χ0v) is 11.8. The maximum atomic E-state index is 12.4. The van der Waals surface area contributed by atoms with E-state index in [-0.39, 0.29) is 18.1 Å². The highest BCUT2D eigenvalue weighted by atomic mass is 16.4. The van der Waals surface area contributed by atoms with Crippen LogP contribution in [0.1, 0.15) is 25.7 Å². The van der Waals surface area contributed by atoms with Gasteiger partial charge in [0.25, 0.3) is 0 Å². The molecule has 2 saturated heterocycles. The first kappa shape index (κ1) is 14.0. The first-order valence-electron chi connectivity index (χ1n) is 7.37. The van der Waals surface area contributed by atoms with Gasteiger partial charge in [-0.05, 0) is 12.8 Å². The number of urea groups is 2. The van der Waals surface area contributed by atoms with E-state index in [9.17, 15) is 19.5 Å². The monoisotopic (exact) mass is 296 g/mol. The SMILES string of the molecule is O=C(NC1(C(=O)O)CCCC1)N1CCN2C(=O)NCC2C1. The van der Waals surface area contributed by atoms with Crippen molar-refractivity contribution in [3.63, 3.8) is 0 Å². The third-order valence-corrected chi connectivity index (χ3v) is 4.73. The fraction of sp³-hybridized carbons (Fsp3) is 0.769. The molecule has 3 fully saturated rings. The normalized spacial score (nSPS) is 27.2. The molecule has 1 atom stereocenters. The number of hydrogen-bond donors (Lipinski definition) is 3. The van der Waals surface area contributed by atoms with Crippen LogP contribution in [0.25, 0.3) is 0 Å². The minimum atomic E-state index is -1.11. The maximum absolute atomic E-state index is 12.4. The Labute approximate surface area is 122 Å². The number of carbonyl (C=O) groups is 3. The van der Waals surface area contributed by atoms with E-state index in [1.807, 2.05) is 0 Å². The van der Waals surface area contributed by atoms with Gasteiger partial charge in [0.2, 0.25) is 0 Å². The fourth-order valence-corrected chi connectivity index (χ4v) is 3.44. The van der Waals surface area contributed by atoms with Gasteiger partial charge >= 0.3 is 18.0 Å². The van der Waals surface area contributed by atoms with Crippen LogP contribution < -0.4 is 10.6 Å². The average Bonchev–Trinajstić information content (AvgIpc) is 3.07. The summed E-state index contributed by atoms with van der Waals surface area (Å²) in [6.07, 6.45) is 2.61. The first-order chi connectivity index (χ1) is 10.0. The number of carbonyl (C=O) groups excluding carboxylic acids is 2. The van der Waals surface area contributed by atoms with E-state index < -0.39 is 11.5 Å². The topological polar surface area (TPSA) is 102 Å². The summed E-state index contributed by atoms with van der Waals surface area (Å²) in [6, 6.07) is -0.433. The molecular formula is C13H20N4O4. The third-order valence-electron chi connectivity index (χ3n) is 4.73. The first-order valence-corrected chi connectivity index (χ1v) is 7.37. The molecule has 0 spiro atoms. The van der Waals surface area contributed by atoms with Crippen LogP contribution in [-0.4, -0.2) is 70.7 Å². The summed E-state index contributed by atoms with van der Waals surface area (Å²) in [6.45, 7) is 1.91. The minimum Gasteiger partial charge on any atom is -0.480 e. The number of piperazine rings is 1. The number of nitrogens with one attached hydrogen (secondary N) is 2. The standard InChI is InChI=1S/C13H20N4O4/c18-10(19)13(3-1-2-4-13)15-12(21)16-5-6-17-9(8-16)7-14-11(17)20/h9H,1-8H2,(H,14,20)(H,15,21)(H,18,19). The van der Waals surface area contributed by atoms with Crippen LogP contribution in [0.15, 0.2) is 0 Å². The Morgan fingerprint density at radius 1 is 1.29 bits per heavy atom. The molecule has 8 nitrogen and oxygen atoms in total. The molecule has 0 aromatic carbocycles. The second kappa shape index (κ2) is 5.09. The van der Waals surface area contributed by atoms with Crippen LogP contribution in [0.2, 0.25) is 0 Å². The van der Waals surface area contributed by atoms with Crippen molar-refractivity contribution in [3.8, 4) is 0 Å². The van der Waals surface area contributed by atoms with Gasteiger partial charge in [0.05, 0.1) is 6.04 Å². The quantitative estimate of drug-likeness (QED) is 0.657. The van der Waals surface area contributed by atoms with Crippen LogP contribution in [0.3, 0.4) is 0 Å². The second-order valence-corrected chi connectivity index (χ2v) is 6.00. The van der Waals surface area contributed by atoms with Crippen LogP contribution in [0.4, 0.5) is 9.59 Å². The summed E-state index contributed by atoms with van der Waals surface area (Å²) in [5.41, 5.74) is -1.11. The molecule has 2 heterocycles. The van der Waals surface area contributed by atoms with Gasteiger partial charge in [0.1, 0.15) is 5.54 Å². The van der Waals surface area contributed by atoms with Gasteiger partial charge in [0.15, 0.2) is 0 Å². The van der Waals surface area contributed by atoms with E-state index in [1.165, 1.54) is 0 Å². The van der Waals surface area contributed by atoms with Crippen molar-refractivity contribution >= 4 is 18.0 Å². The van der Waals surface area contributed by atoms with Gasteiger partial charge < -0.3 is 25.5 Å². The van der Waals surface area contributed by atoms with Crippen molar-refractivity contribution in [1.29, 1.82) is 0 Å². The Balaban J connectivity index is 1.63. The Kier molecular flexibility index (Phi) is 3.38. The van der Waals surface area contributed by atoms with Gasteiger partial charge in [-0.3, -0.25) is 0 Å². The van der Waals surface area contributed by atoms with Crippen molar-refractivity contribution in [3.05, 3.63) is 0 Å². The Bertz CT molecular complexity index is 475. The molecule has 3 aliphatic rings. The van der Waals surface area contributed by atoms with E-state index in [0.717, 1.165) is 12.8 Å². The third kappa shape index (κ3) is 2.38. The maximum Gasteiger partial charge on any atom is 0.329 e. The van der Waals surface area contributed by atoms with Gasteiger partial charge in [0, 0.05) is 26.2 Å². The summed E-state index contributed by atoms with van der Waals surface area (Å²) in [5, 5.41) is 14.9. The Morgan fingerprint density at radius 2 is 2.00 bits per heavy atom. The number of carboxylic acids is 1. The van der Waals surface area contributed by atoms with Crippen molar-refractivity contribution < 1.29 is 19.5 Å². The molecule has 1 aliphatic carbocycles. The minimum absolute atomic E-state index is 0.0126. The molecule has 0 bridgehead atoms. The summed E-state index contributed by atoms with van der Waals surface area (Å²) in [5.74, 6) is -0.954. The number of fused-ring (bicyclic) bond motifs is 1. The Morgan fingerprint density at radius 3 is 2.67 bits per heavy atom. The molecule has 1 saturated carbocycles. The molecule has 0 radical (unpaired) electrons. The summed E-state index contributed by atoms with van der Waals surface area (Å²) >= 11 is 0. The van der Waals surface area contributed by atoms with Crippen LogP contribution in [0, 0.1) is 0 Å². The highest BCUT2D eigenvalue weighted by Gasteiger charge is 2.44. The molecule has 116 valence electrons. The number of hydrogen-bond acceptors (Lipinski definition) is 3. The predicted octanol–water partition coefficient (Wildman–Crippen LogP) is -0.197. The van der Waals surface area contributed by atoms with E-state index in [1.54, 1.807) is 9.80 Å². The lowest BCUT2D eigenvalue weighted by molar-refractivity contribution is -0.144. The van der Waals surface area contributed by atoms with Crippen molar-refractivity contribution in [2.75, 3.05) is 26.2 Å². The summed E-state index contributed by atoms with van der Waals surface area (Å²) in [4.78, 5) is 38.7. The zero-order chi connectivity index (χ0) is 15.0. The van der Waals surface area contributed by atoms with Crippen molar-refractivity contribution in [2.45, 2.75) is 37.3 Å². The fourth-order valence-electron chi connectivity index (χ4n) is 3.44. The van der Waals surface area contributed by atoms with E-state index in [4.69, 9.17) is 0 Å². The molecule has 4 amide bonds. The Hall–Kier alpha value is -1.99. The van der Waals surface area contributed by atoms with Crippen LogP contribution in [0.5, 0.6) is 0 Å². The highest BCUT2D eigenvalue weighted by Crippen LogP contribution is 2.30. The van der Waals surface area contributed by atoms with E-state index in [0.29, 0.717) is 39.0 Å². The predicted molar refractivity (Wildman–Crippen MR) is 72.8 cm³/mol. The molecule has 3 N–H and O–H groups in total. The van der Waals surface area contributed by atoms with Gasteiger partial charge in [-0.15, -0.1) is 0 Å².